The molecule has 0 aromatic heterocycles. The maximum atomic E-state index is 15.4. The number of amides is 2. The molecule has 0 heterocycles. The second-order valence-electron chi connectivity index (χ2n) is 12.6. The molecule has 0 spiro atoms. The summed E-state index contributed by atoms with van der Waals surface area (Å²) in [6.07, 6.45) is 2.18. The molecule has 0 unspecified atom stereocenters. The highest BCUT2D eigenvalue weighted by atomic mass is 32.2. The van der Waals surface area contributed by atoms with Gasteiger partial charge in [-0.05, 0) is 87.0 Å². The first-order chi connectivity index (χ1) is 23.0. The number of fused-ring (bicyclic) bond motifs is 2. The topological polar surface area (TPSA) is 142 Å². The molecular weight excluding hydrogens is 670 g/mol. The molecule has 2 amide bonds. The number of carboxylic acids is 1. The van der Waals surface area contributed by atoms with E-state index in [4.69, 9.17) is 4.74 Å². The number of halogens is 4. The van der Waals surface area contributed by atoms with Gasteiger partial charge in [0.2, 0.25) is 5.91 Å². The highest BCUT2D eigenvalue weighted by Crippen LogP contribution is 2.49. The molecule has 2 fully saturated rings. The third-order valence-electron chi connectivity index (χ3n) is 9.34. The van der Waals surface area contributed by atoms with Crippen molar-refractivity contribution < 1.29 is 50.2 Å². The van der Waals surface area contributed by atoms with Gasteiger partial charge in [0, 0.05) is 23.4 Å². The second-order valence-corrected chi connectivity index (χ2v) is 14.5. The van der Waals surface area contributed by atoms with Crippen LogP contribution in [0.3, 0.4) is 0 Å². The number of benzene rings is 3. The van der Waals surface area contributed by atoms with Crippen LogP contribution in [-0.2, 0) is 25.8 Å². The normalized spacial score (nSPS) is 21.0. The summed E-state index contributed by atoms with van der Waals surface area (Å²) >= 11 is 0. The lowest BCUT2D eigenvalue weighted by atomic mass is 9.83. The summed E-state index contributed by atoms with van der Waals surface area (Å²) in [5.74, 6) is -3.96. The van der Waals surface area contributed by atoms with Gasteiger partial charge in [0.05, 0.1) is 23.5 Å². The van der Waals surface area contributed by atoms with Crippen LogP contribution in [0.1, 0.15) is 35.2 Å². The Balaban J connectivity index is 1.39. The van der Waals surface area contributed by atoms with Gasteiger partial charge < -0.3 is 20.5 Å². The van der Waals surface area contributed by atoms with Gasteiger partial charge in [-0.25, -0.2) is 12.8 Å². The molecule has 2 saturated carbocycles. The van der Waals surface area contributed by atoms with Gasteiger partial charge in [0.25, 0.3) is 15.7 Å². The third kappa shape index (κ3) is 7.27. The van der Waals surface area contributed by atoms with Crippen molar-refractivity contribution in [2.45, 2.75) is 48.2 Å². The molecule has 5 atom stereocenters. The summed E-state index contributed by atoms with van der Waals surface area (Å²) < 4.78 is 83.9. The number of anilines is 1. The van der Waals surface area contributed by atoms with Crippen molar-refractivity contribution in [1.29, 1.82) is 0 Å². The van der Waals surface area contributed by atoms with Gasteiger partial charge >= 0.3 is 11.5 Å². The SMILES string of the molecule is COc1cc(F)c(-c2cccc(C[C@H](C(=O)O)N(C)C)c2)cc1C(=O)N[C@@H]1[C@H]2CC[C@H](C2)[C@@H]1C(=O)Nc1cccc(S(=O)(=O)C(F)(F)F)c1. The maximum Gasteiger partial charge on any atom is 0.501 e. The number of methoxy groups -OCH3 is 1. The Morgan fingerprint density at radius 1 is 1.02 bits per heavy atom. The molecule has 10 nitrogen and oxygen atoms in total. The number of nitrogens with zero attached hydrogens (tertiary/aromatic N) is 1. The second kappa shape index (κ2) is 13.8. The Kier molecular flexibility index (Phi) is 10.1. The number of sulfone groups is 1. The Morgan fingerprint density at radius 3 is 2.37 bits per heavy atom. The highest BCUT2D eigenvalue weighted by molar-refractivity contribution is 7.92. The predicted molar refractivity (Wildman–Crippen MR) is 171 cm³/mol. The van der Waals surface area contributed by atoms with Crippen LogP contribution < -0.4 is 15.4 Å². The van der Waals surface area contributed by atoms with Crippen molar-refractivity contribution in [3.8, 4) is 16.9 Å². The van der Waals surface area contributed by atoms with Gasteiger partial charge in [-0.2, -0.15) is 13.2 Å². The van der Waals surface area contributed by atoms with Gasteiger partial charge in [-0.15, -0.1) is 0 Å². The molecule has 3 N–H and O–H groups in total. The summed E-state index contributed by atoms with van der Waals surface area (Å²) in [5, 5.41) is 15.0. The molecule has 0 aliphatic heterocycles. The van der Waals surface area contributed by atoms with E-state index in [-0.39, 0.29) is 40.8 Å². The fourth-order valence-electron chi connectivity index (χ4n) is 6.91. The largest absolute Gasteiger partial charge is 0.501 e. The number of likely N-dealkylation sites (N-methyl/N-ethyl adjacent to an activating group) is 1. The molecule has 2 aliphatic carbocycles. The van der Waals surface area contributed by atoms with Crippen molar-refractivity contribution in [3.05, 3.63) is 77.6 Å². The Bertz CT molecular complexity index is 1880. The molecular formula is C34H35F4N3O7S. The van der Waals surface area contributed by atoms with Crippen LogP contribution in [0.2, 0.25) is 0 Å². The van der Waals surface area contributed by atoms with Crippen LogP contribution in [0.25, 0.3) is 11.1 Å². The molecule has 2 bridgehead atoms. The van der Waals surface area contributed by atoms with E-state index in [1.807, 2.05) is 0 Å². The Labute approximate surface area is 280 Å². The van der Waals surface area contributed by atoms with Gasteiger partial charge in [-0.3, -0.25) is 19.3 Å². The number of alkyl halides is 3. The third-order valence-corrected chi connectivity index (χ3v) is 10.8. The fraction of sp³-hybridized carbons (Fsp3) is 0.382. The van der Waals surface area contributed by atoms with E-state index in [1.165, 1.54) is 19.2 Å². The monoisotopic (exact) mass is 705 g/mol. The average Bonchev–Trinajstić information content (AvgIpc) is 3.65. The predicted octanol–water partition coefficient (Wildman–Crippen LogP) is 5.14. The maximum absolute atomic E-state index is 15.4. The molecule has 5 rings (SSSR count). The van der Waals surface area contributed by atoms with Crippen LogP contribution >= 0.6 is 0 Å². The van der Waals surface area contributed by atoms with E-state index in [9.17, 15) is 41.1 Å². The average molecular weight is 706 g/mol. The minimum atomic E-state index is -5.64. The van der Waals surface area contributed by atoms with Gasteiger partial charge in [0.15, 0.2) is 0 Å². The fourth-order valence-corrected chi connectivity index (χ4v) is 7.72. The van der Waals surface area contributed by atoms with Crippen LogP contribution in [-0.4, -0.2) is 75.0 Å². The Hall–Kier alpha value is -4.50. The van der Waals surface area contributed by atoms with Crippen LogP contribution in [0.5, 0.6) is 5.75 Å². The summed E-state index contributed by atoms with van der Waals surface area (Å²) in [6, 6.07) is 11.5. The molecule has 0 radical (unpaired) electrons. The van der Waals surface area contributed by atoms with Crippen molar-refractivity contribution >= 4 is 33.3 Å². The number of hydrogen-bond acceptors (Lipinski definition) is 7. The number of ether oxygens (including phenoxy) is 1. The number of carbonyl (C=O) groups excluding carboxylic acids is 2. The molecule has 3 aromatic rings. The standard InChI is InChI=1S/C34H35F4N3O7S/c1-41(2)27(33(44)45)13-18-6-4-7-19(12-18)24-16-25(28(48-3)17-26(24)35)31(42)40-30-21-11-10-20(14-21)29(30)32(43)39-22-8-5-9-23(15-22)49(46,47)34(36,37)38/h4-9,12,15-17,20-21,27,29-30H,10-11,13-14H2,1-3H3,(H,39,43)(H,40,42)(H,44,45)/t20-,21+,27-,29+,30-/m1/s1. The summed E-state index contributed by atoms with van der Waals surface area (Å²) in [6.45, 7) is 0. The van der Waals surface area contributed by atoms with E-state index in [0.717, 1.165) is 30.7 Å². The molecule has 49 heavy (non-hydrogen) atoms. The van der Waals surface area contributed by atoms with Crippen molar-refractivity contribution in [3.63, 3.8) is 0 Å². The zero-order valence-electron chi connectivity index (χ0n) is 26.8. The zero-order valence-corrected chi connectivity index (χ0v) is 27.6. The lowest BCUT2D eigenvalue weighted by Crippen LogP contribution is -2.48. The number of aliphatic carboxylic acids is 1. The summed E-state index contributed by atoms with van der Waals surface area (Å²) in [4.78, 5) is 39.6. The first-order valence-electron chi connectivity index (χ1n) is 15.4. The smallest absolute Gasteiger partial charge is 0.496 e. The summed E-state index contributed by atoms with van der Waals surface area (Å²) in [5.41, 5.74) is -4.56. The highest BCUT2D eigenvalue weighted by Gasteiger charge is 2.52. The molecule has 0 saturated heterocycles. The van der Waals surface area contributed by atoms with E-state index in [0.29, 0.717) is 24.0 Å². The van der Waals surface area contributed by atoms with E-state index in [1.54, 1.807) is 43.3 Å². The first kappa shape index (κ1) is 35.8. The minimum Gasteiger partial charge on any atom is -0.496 e. The Morgan fingerprint density at radius 2 is 1.71 bits per heavy atom. The number of hydrogen-bond donors (Lipinski definition) is 3. The van der Waals surface area contributed by atoms with Crippen molar-refractivity contribution in [1.82, 2.24) is 10.2 Å². The van der Waals surface area contributed by atoms with Gasteiger partial charge in [0.1, 0.15) is 17.6 Å². The molecule has 15 heteroatoms. The number of carbonyl (C=O) groups is 3. The molecule has 3 aromatic carbocycles. The number of nitrogens with one attached hydrogen (secondary N) is 2. The number of carboxylic acid groups (broad SMARTS) is 1. The van der Waals surface area contributed by atoms with Crippen molar-refractivity contribution in [2.75, 3.05) is 26.5 Å². The van der Waals surface area contributed by atoms with Crippen LogP contribution in [0.15, 0.2) is 65.6 Å². The quantitative estimate of drug-likeness (QED) is 0.233. The molecule has 262 valence electrons. The first-order valence-corrected chi connectivity index (χ1v) is 16.9. The number of rotatable bonds is 11. The minimum absolute atomic E-state index is 0.00648. The molecule has 2 aliphatic rings. The van der Waals surface area contributed by atoms with E-state index in [2.05, 4.69) is 10.6 Å². The van der Waals surface area contributed by atoms with E-state index >= 15 is 4.39 Å². The lowest BCUT2D eigenvalue weighted by Gasteiger charge is -2.31. The lowest BCUT2D eigenvalue weighted by molar-refractivity contribution is -0.142. The zero-order chi connectivity index (χ0) is 35.8. The van der Waals surface area contributed by atoms with Gasteiger partial charge in [-0.1, -0.05) is 30.3 Å². The van der Waals surface area contributed by atoms with Crippen LogP contribution in [0.4, 0.5) is 23.2 Å². The van der Waals surface area contributed by atoms with Crippen LogP contribution in [0, 0.1) is 23.6 Å². The van der Waals surface area contributed by atoms with E-state index < -0.39 is 61.8 Å². The van der Waals surface area contributed by atoms with Crippen molar-refractivity contribution in [2.24, 2.45) is 17.8 Å². The summed E-state index contributed by atoms with van der Waals surface area (Å²) in [7, 11) is -1.08.